The average Bonchev–Trinajstić information content (AvgIpc) is 2.23. The van der Waals surface area contributed by atoms with Crippen LogP contribution in [0.25, 0.3) is 0 Å². The molecule has 1 atom stereocenters. The molecule has 1 aromatic rings. The molecule has 0 bridgehead atoms. The third-order valence-corrected chi connectivity index (χ3v) is 3.22. The van der Waals surface area contributed by atoms with Crippen LogP contribution >= 0.6 is 11.6 Å². The molecule has 0 saturated heterocycles. The van der Waals surface area contributed by atoms with E-state index in [1.54, 1.807) is 6.20 Å². The zero-order valence-electron chi connectivity index (χ0n) is 10.1. The number of nitrogens with one attached hydrogen (secondary N) is 1. The van der Waals surface area contributed by atoms with Crippen LogP contribution in [0.2, 0.25) is 5.15 Å². The van der Waals surface area contributed by atoms with Gasteiger partial charge in [-0.3, -0.25) is 0 Å². The molecule has 0 fully saturated rings. The molecule has 0 amide bonds. The van der Waals surface area contributed by atoms with Crippen LogP contribution in [0.15, 0.2) is 12.3 Å². The van der Waals surface area contributed by atoms with E-state index in [1.807, 2.05) is 13.0 Å². The lowest BCUT2D eigenvalue weighted by Gasteiger charge is -2.19. The molecule has 1 rings (SSSR count). The summed E-state index contributed by atoms with van der Waals surface area (Å²) in [4.78, 5) is 4.10. The Morgan fingerprint density at radius 1 is 1.50 bits per heavy atom. The number of hydrogen-bond acceptors (Lipinski definition) is 3. The normalized spacial score (nSPS) is 12.9. The smallest absolute Gasteiger partial charge is 0.132 e. The number of aryl methyl sites for hydroxylation is 1. The predicted octanol–water partition coefficient (Wildman–Crippen LogP) is 2.69. The van der Waals surface area contributed by atoms with Crippen LogP contribution in [-0.2, 0) is 0 Å². The highest BCUT2D eigenvalue weighted by atomic mass is 35.5. The Labute approximate surface area is 102 Å². The van der Waals surface area contributed by atoms with Gasteiger partial charge in [-0.1, -0.05) is 25.4 Å². The fraction of sp³-hybridized carbons (Fsp3) is 0.583. The molecule has 0 spiro atoms. The van der Waals surface area contributed by atoms with Gasteiger partial charge >= 0.3 is 0 Å². The first-order chi connectivity index (χ1) is 7.54. The molecule has 16 heavy (non-hydrogen) atoms. The van der Waals surface area contributed by atoms with Crippen molar-refractivity contribution in [3.63, 3.8) is 0 Å². The van der Waals surface area contributed by atoms with Crippen LogP contribution < -0.4 is 11.1 Å². The van der Waals surface area contributed by atoms with E-state index in [0.29, 0.717) is 23.5 Å². The largest absolute Gasteiger partial charge is 0.383 e. The lowest BCUT2D eigenvalue weighted by Crippen LogP contribution is -2.27. The highest BCUT2D eigenvalue weighted by molar-refractivity contribution is 6.30. The Bertz CT molecular complexity index is 339. The maximum atomic E-state index is 5.86. The van der Waals surface area contributed by atoms with Crippen LogP contribution in [0.5, 0.6) is 0 Å². The molecule has 0 saturated carbocycles. The Kier molecular flexibility index (Phi) is 5.03. The highest BCUT2D eigenvalue weighted by Crippen LogP contribution is 2.17. The number of halogens is 1. The highest BCUT2D eigenvalue weighted by Gasteiger charge is 2.11. The molecular formula is C12H20ClN3. The van der Waals surface area contributed by atoms with Gasteiger partial charge < -0.3 is 11.1 Å². The second kappa shape index (κ2) is 6.06. The van der Waals surface area contributed by atoms with E-state index in [4.69, 9.17) is 17.3 Å². The summed E-state index contributed by atoms with van der Waals surface area (Å²) in [6, 6.07) is 2.00. The molecule has 0 aliphatic rings. The van der Waals surface area contributed by atoms with Gasteiger partial charge in [0.15, 0.2) is 0 Å². The summed E-state index contributed by atoms with van der Waals surface area (Å²) < 4.78 is 0. The maximum Gasteiger partial charge on any atom is 0.132 e. The molecule has 0 aromatic carbocycles. The van der Waals surface area contributed by atoms with Crippen molar-refractivity contribution in [2.45, 2.75) is 20.8 Å². The summed E-state index contributed by atoms with van der Waals surface area (Å²) in [6.45, 7) is 7.89. The summed E-state index contributed by atoms with van der Waals surface area (Å²) in [5.41, 5.74) is 7.70. The van der Waals surface area contributed by atoms with Crippen molar-refractivity contribution in [2.24, 2.45) is 17.6 Å². The van der Waals surface area contributed by atoms with Gasteiger partial charge in [0.05, 0.1) is 11.9 Å². The van der Waals surface area contributed by atoms with Gasteiger partial charge in [0.2, 0.25) is 0 Å². The van der Waals surface area contributed by atoms with Gasteiger partial charge in [-0.15, -0.1) is 0 Å². The topological polar surface area (TPSA) is 50.9 Å². The minimum Gasteiger partial charge on any atom is -0.383 e. The van der Waals surface area contributed by atoms with Gasteiger partial charge in [0.25, 0.3) is 0 Å². The third kappa shape index (κ3) is 3.65. The van der Waals surface area contributed by atoms with E-state index in [-0.39, 0.29) is 0 Å². The summed E-state index contributed by atoms with van der Waals surface area (Å²) in [7, 11) is 0. The molecule has 3 nitrogen and oxygen atoms in total. The monoisotopic (exact) mass is 241 g/mol. The third-order valence-electron chi connectivity index (χ3n) is 2.83. The Morgan fingerprint density at radius 3 is 2.69 bits per heavy atom. The summed E-state index contributed by atoms with van der Waals surface area (Å²) >= 11 is 5.86. The van der Waals surface area contributed by atoms with E-state index >= 15 is 0 Å². The van der Waals surface area contributed by atoms with E-state index in [9.17, 15) is 0 Å². The standard InChI is InChI=1S/C12H20ClN3/c1-8(2)10(5-14)6-15-11-4-9(3)12(13)16-7-11/h4,7-8,10,15H,5-6,14H2,1-3H3. The van der Waals surface area contributed by atoms with E-state index in [0.717, 1.165) is 17.8 Å². The van der Waals surface area contributed by atoms with Gasteiger partial charge in [-0.2, -0.15) is 0 Å². The lowest BCUT2D eigenvalue weighted by molar-refractivity contribution is 0.413. The van der Waals surface area contributed by atoms with Gasteiger partial charge in [-0.05, 0) is 36.9 Å². The van der Waals surface area contributed by atoms with Crippen LogP contribution in [-0.4, -0.2) is 18.1 Å². The molecule has 0 aliphatic carbocycles. The molecule has 1 heterocycles. The fourth-order valence-electron chi connectivity index (χ4n) is 1.49. The van der Waals surface area contributed by atoms with Crippen molar-refractivity contribution >= 4 is 17.3 Å². The quantitative estimate of drug-likeness (QED) is 0.780. The Balaban J connectivity index is 2.57. The Hall–Kier alpha value is -0.800. The van der Waals surface area contributed by atoms with Crippen LogP contribution in [0.3, 0.4) is 0 Å². The van der Waals surface area contributed by atoms with Crippen molar-refractivity contribution in [1.82, 2.24) is 4.98 Å². The number of anilines is 1. The van der Waals surface area contributed by atoms with Crippen molar-refractivity contribution in [2.75, 3.05) is 18.4 Å². The number of nitrogens with two attached hydrogens (primary N) is 1. The lowest BCUT2D eigenvalue weighted by atomic mass is 9.96. The minimum absolute atomic E-state index is 0.482. The van der Waals surface area contributed by atoms with Gasteiger partial charge in [0, 0.05) is 6.54 Å². The first kappa shape index (κ1) is 13.3. The molecule has 90 valence electrons. The molecule has 4 heteroatoms. The van der Waals surface area contributed by atoms with Crippen LogP contribution in [0.1, 0.15) is 19.4 Å². The average molecular weight is 242 g/mol. The molecule has 1 aromatic heterocycles. The number of hydrogen-bond donors (Lipinski definition) is 2. The SMILES string of the molecule is Cc1cc(NCC(CN)C(C)C)cnc1Cl. The van der Waals surface area contributed by atoms with E-state index in [2.05, 4.69) is 24.1 Å². The summed E-state index contributed by atoms with van der Waals surface area (Å²) in [5, 5.41) is 3.90. The second-order valence-corrected chi connectivity index (χ2v) is 4.81. The first-order valence-corrected chi connectivity index (χ1v) is 5.98. The zero-order chi connectivity index (χ0) is 12.1. The summed E-state index contributed by atoms with van der Waals surface area (Å²) in [5.74, 6) is 1.06. The molecule has 1 unspecified atom stereocenters. The predicted molar refractivity (Wildman–Crippen MR) is 69.9 cm³/mol. The zero-order valence-corrected chi connectivity index (χ0v) is 10.9. The van der Waals surface area contributed by atoms with Crippen LogP contribution in [0, 0.1) is 18.8 Å². The number of aromatic nitrogens is 1. The van der Waals surface area contributed by atoms with Gasteiger partial charge in [0.1, 0.15) is 5.15 Å². The first-order valence-electron chi connectivity index (χ1n) is 5.60. The van der Waals surface area contributed by atoms with Crippen molar-refractivity contribution in [3.8, 4) is 0 Å². The van der Waals surface area contributed by atoms with E-state index in [1.165, 1.54) is 0 Å². The number of nitrogens with zero attached hydrogens (tertiary/aromatic N) is 1. The molecule has 0 radical (unpaired) electrons. The van der Waals surface area contributed by atoms with Crippen molar-refractivity contribution < 1.29 is 0 Å². The van der Waals surface area contributed by atoms with Crippen molar-refractivity contribution in [1.29, 1.82) is 0 Å². The summed E-state index contributed by atoms with van der Waals surface area (Å²) in [6.07, 6.45) is 1.75. The Morgan fingerprint density at radius 2 is 2.19 bits per heavy atom. The number of rotatable bonds is 5. The fourth-order valence-corrected chi connectivity index (χ4v) is 1.60. The minimum atomic E-state index is 0.482. The van der Waals surface area contributed by atoms with Crippen LogP contribution in [0.4, 0.5) is 5.69 Å². The molecular weight excluding hydrogens is 222 g/mol. The number of pyridine rings is 1. The van der Waals surface area contributed by atoms with E-state index < -0.39 is 0 Å². The molecule has 0 aliphatic heterocycles. The van der Waals surface area contributed by atoms with Gasteiger partial charge in [-0.25, -0.2) is 4.98 Å². The van der Waals surface area contributed by atoms with Crippen molar-refractivity contribution in [3.05, 3.63) is 23.0 Å². The molecule has 3 N–H and O–H groups in total. The maximum absolute atomic E-state index is 5.86. The second-order valence-electron chi connectivity index (χ2n) is 4.45.